The first kappa shape index (κ1) is 23.0. The van der Waals surface area contributed by atoms with Gasteiger partial charge in [-0.2, -0.15) is 0 Å². The quantitative estimate of drug-likeness (QED) is 0.786. The summed E-state index contributed by atoms with van der Waals surface area (Å²) in [5.41, 5.74) is 6.58. The number of anilines is 1. The third kappa shape index (κ3) is 5.98. The molecule has 1 aromatic rings. The first-order valence-electron chi connectivity index (χ1n) is 8.99. The zero-order valence-electron chi connectivity index (χ0n) is 15.2. The molecule has 2 aliphatic heterocycles. The summed E-state index contributed by atoms with van der Waals surface area (Å²) in [4.78, 5) is 19.0. The summed E-state index contributed by atoms with van der Waals surface area (Å²) in [6.45, 7) is 5.41. The van der Waals surface area contributed by atoms with Gasteiger partial charge in [0, 0.05) is 32.4 Å². The minimum atomic E-state index is -0.360. The Labute approximate surface area is 168 Å². The minimum Gasteiger partial charge on any atom is -0.364 e. The van der Waals surface area contributed by atoms with Crippen LogP contribution in [0.4, 0.5) is 5.82 Å². The van der Waals surface area contributed by atoms with Crippen molar-refractivity contribution < 1.29 is 9.53 Å². The number of pyridine rings is 1. The Balaban J connectivity index is 0.00000169. The maximum Gasteiger partial charge on any atom is 0.249 e. The second-order valence-electron chi connectivity index (χ2n) is 6.97. The summed E-state index contributed by atoms with van der Waals surface area (Å²) in [5.74, 6) is 1.79. The number of nitrogens with zero attached hydrogens (tertiary/aromatic N) is 2. The van der Waals surface area contributed by atoms with E-state index in [1.54, 1.807) is 0 Å². The predicted molar refractivity (Wildman–Crippen MR) is 108 cm³/mol. The van der Waals surface area contributed by atoms with Gasteiger partial charge in [0.1, 0.15) is 11.9 Å². The highest BCUT2D eigenvalue weighted by molar-refractivity contribution is 5.85. The molecule has 0 aliphatic carbocycles. The molecule has 3 heterocycles. The number of ether oxygens (including phenoxy) is 1. The molecule has 2 aliphatic rings. The molecule has 8 heteroatoms. The van der Waals surface area contributed by atoms with E-state index in [-0.39, 0.29) is 42.9 Å². The van der Waals surface area contributed by atoms with Crippen LogP contribution in [0.2, 0.25) is 0 Å². The van der Waals surface area contributed by atoms with Gasteiger partial charge < -0.3 is 20.7 Å². The van der Waals surface area contributed by atoms with Crippen molar-refractivity contribution in [1.29, 1.82) is 0 Å². The second kappa shape index (κ2) is 10.9. The third-order valence-electron chi connectivity index (χ3n) is 5.05. The molecule has 3 N–H and O–H groups in total. The first-order chi connectivity index (χ1) is 11.7. The largest absolute Gasteiger partial charge is 0.364 e. The Morgan fingerprint density at radius 1 is 1.27 bits per heavy atom. The number of nitrogens with one attached hydrogen (secondary N) is 1. The lowest BCUT2D eigenvalue weighted by Crippen LogP contribution is -2.35. The van der Waals surface area contributed by atoms with Crippen LogP contribution in [0.25, 0.3) is 0 Å². The van der Waals surface area contributed by atoms with Crippen LogP contribution in [-0.2, 0) is 16.1 Å². The lowest BCUT2D eigenvalue weighted by Gasteiger charge is -2.31. The van der Waals surface area contributed by atoms with E-state index in [0.29, 0.717) is 13.1 Å². The Morgan fingerprint density at radius 3 is 2.58 bits per heavy atom. The lowest BCUT2D eigenvalue weighted by molar-refractivity contribution is -0.132. The summed E-state index contributed by atoms with van der Waals surface area (Å²) in [7, 11) is 0. The van der Waals surface area contributed by atoms with E-state index >= 15 is 0 Å². The molecule has 0 saturated carbocycles. The topological polar surface area (TPSA) is 80.5 Å². The molecule has 0 bridgehead atoms. The number of amides is 1. The molecular weight excluding hydrogens is 375 g/mol. The van der Waals surface area contributed by atoms with Gasteiger partial charge in [0.05, 0.1) is 6.10 Å². The van der Waals surface area contributed by atoms with E-state index in [1.165, 1.54) is 12.8 Å². The molecule has 0 aromatic carbocycles. The zero-order chi connectivity index (χ0) is 16.9. The molecule has 0 spiro atoms. The number of piperidine rings is 1. The first-order valence-corrected chi connectivity index (χ1v) is 8.99. The summed E-state index contributed by atoms with van der Waals surface area (Å²) < 4.78 is 5.61. The molecule has 3 rings (SSSR count). The molecule has 26 heavy (non-hydrogen) atoms. The van der Waals surface area contributed by atoms with Crippen molar-refractivity contribution in [3.63, 3.8) is 0 Å². The highest BCUT2D eigenvalue weighted by atomic mass is 35.5. The van der Waals surface area contributed by atoms with Gasteiger partial charge in [0.15, 0.2) is 0 Å². The maximum absolute atomic E-state index is 12.1. The number of hydrogen-bond acceptors (Lipinski definition) is 5. The van der Waals surface area contributed by atoms with Crippen molar-refractivity contribution in [2.75, 3.05) is 24.5 Å². The number of rotatable bonds is 5. The van der Waals surface area contributed by atoms with Gasteiger partial charge in [-0.15, -0.1) is 24.8 Å². The normalized spacial score (nSPS) is 23.1. The van der Waals surface area contributed by atoms with E-state index in [2.05, 4.69) is 22.1 Å². The zero-order valence-corrected chi connectivity index (χ0v) is 16.9. The van der Waals surface area contributed by atoms with Crippen LogP contribution < -0.4 is 16.0 Å². The van der Waals surface area contributed by atoms with Crippen LogP contribution in [0.1, 0.15) is 38.2 Å². The summed E-state index contributed by atoms with van der Waals surface area (Å²) >= 11 is 0. The number of halogens is 2. The number of nitrogens with two attached hydrogens (primary N) is 1. The van der Waals surface area contributed by atoms with Crippen molar-refractivity contribution in [2.24, 2.45) is 11.7 Å². The highest BCUT2D eigenvalue weighted by Crippen LogP contribution is 2.21. The lowest BCUT2D eigenvalue weighted by atomic mass is 9.99. The van der Waals surface area contributed by atoms with E-state index in [9.17, 15) is 4.79 Å². The Bertz CT molecular complexity index is 551. The average molecular weight is 405 g/mol. The fourth-order valence-electron chi connectivity index (χ4n) is 3.32. The van der Waals surface area contributed by atoms with E-state index in [1.807, 2.05) is 18.3 Å². The van der Waals surface area contributed by atoms with Crippen LogP contribution in [0.15, 0.2) is 18.3 Å². The molecule has 1 aromatic heterocycles. The van der Waals surface area contributed by atoms with Crippen molar-refractivity contribution in [1.82, 2.24) is 10.3 Å². The summed E-state index contributed by atoms with van der Waals surface area (Å²) in [5, 5.41) is 2.93. The van der Waals surface area contributed by atoms with Gasteiger partial charge in [0.2, 0.25) is 5.91 Å². The standard InChI is InChI=1S/C18H28N4O2.2ClH/c1-13-6-8-22(9-7-13)17-5-2-14(11-20-17)12-21-18(23)16-4-3-15(10-19)24-16;;/h2,5,11,13,15-16H,3-4,6-10,12,19H2,1H3,(H,21,23);2*1H/t15-,16+;;/m1../s1. The molecule has 6 nitrogen and oxygen atoms in total. The molecule has 148 valence electrons. The Kier molecular flexibility index (Phi) is 9.64. The van der Waals surface area contributed by atoms with E-state index < -0.39 is 0 Å². The number of hydrogen-bond donors (Lipinski definition) is 2. The Hall–Kier alpha value is -1.08. The minimum absolute atomic E-state index is 0. The monoisotopic (exact) mass is 404 g/mol. The van der Waals surface area contributed by atoms with Gasteiger partial charge in [0.25, 0.3) is 0 Å². The van der Waals surface area contributed by atoms with Gasteiger partial charge in [-0.05, 0) is 43.2 Å². The number of carbonyl (C=O) groups excluding carboxylic acids is 1. The number of aromatic nitrogens is 1. The summed E-state index contributed by atoms with van der Waals surface area (Å²) in [6.07, 6.45) is 5.58. The smallest absolute Gasteiger partial charge is 0.249 e. The van der Waals surface area contributed by atoms with Crippen molar-refractivity contribution in [3.8, 4) is 0 Å². The van der Waals surface area contributed by atoms with Crippen LogP contribution in [0, 0.1) is 5.92 Å². The molecule has 2 saturated heterocycles. The molecule has 1 amide bonds. The third-order valence-corrected chi connectivity index (χ3v) is 5.05. The fraction of sp³-hybridized carbons (Fsp3) is 0.667. The molecule has 0 radical (unpaired) electrons. The maximum atomic E-state index is 12.1. The van der Waals surface area contributed by atoms with E-state index in [4.69, 9.17) is 10.5 Å². The van der Waals surface area contributed by atoms with Crippen molar-refractivity contribution in [2.45, 2.75) is 51.4 Å². The van der Waals surface area contributed by atoms with Crippen molar-refractivity contribution in [3.05, 3.63) is 23.9 Å². The number of carbonyl (C=O) groups is 1. The SMILES string of the molecule is CC1CCN(c2ccc(CNC(=O)[C@@H]3CC[C@H](CN)O3)cn2)CC1.Cl.Cl. The summed E-state index contributed by atoms with van der Waals surface area (Å²) in [6, 6.07) is 4.09. The average Bonchev–Trinajstić information content (AvgIpc) is 3.10. The van der Waals surface area contributed by atoms with Crippen LogP contribution in [-0.4, -0.2) is 42.7 Å². The molecule has 0 unspecified atom stereocenters. The fourth-order valence-corrected chi connectivity index (χ4v) is 3.32. The molecule has 2 fully saturated rings. The molecule has 2 atom stereocenters. The predicted octanol–water partition coefficient (Wildman–Crippen LogP) is 2.28. The van der Waals surface area contributed by atoms with Gasteiger partial charge >= 0.3 is 0 Å². The van der Waals surface area contributed by atoms with Gasteiger partial charge in [-0.25, -0.2) is 4.98 Å². The van der Waals surface area contributed by atoms with Crippen LogP contribution >= 0.6 is 24.8 Å². The molecular formula is C18H30Cl2N4O2. The van der Waals surface area contributed by atoms with Gasteiger partial charge in [-0.1, -0.05) is 13.0 Å². The van der Waals surface area contributed by atoms with E-state index in [0.717, 1.165) is 43.2 Å². The second-order valence-corrected chi connectivity index (χ2v) is 6.97. The highest BCUT2D eigenvalue weighted by Gasteiger charge is 2.29. The Morgan fingerprint density at radius 2 is 2.00 bits per heavy atom. The van der Waals surface area contributed by atoms with Crippen LogP contribution in [0.5, 0.6) is 0 Å². The van der Waals surface area contributed by atoms with Crippen molar-refractivity contribution >= 4 is 36.5 Å². The van der Waals surface area contributed by atoms with Gasteiger partial charge in [-0.3, -0.25) is 4.79 Å². The van der Waals surface area contributed by atoms with Crippen LogP contribution in [0.3, 0.4) is 0 Å².